The van der Waals surface area contributed by atoms with E-state index >= 15 is 0 Å². The van der Waals surface area contributed by atoms with E-state index < -0.39 is 38.7 Å². The minimum Gasteiger partial charge on any atom is -1.00 e. The van der Waals surface area contributed by atoms with Crippen molar-refractivity contribution in [2.45, 2.75) is 36.8 Å². The number of hydrogen-bond acceptors (Lipinski definition) is 7. The second-order valence-electron chi connectivity index (χ2n) is 5.63. The second kappa shape index (κ2) is 13.2. The van der Waals surface area contributed by atoms with Crippen LogP contribution in [0, 0.1) is 0 Å². The Labute approximate surface area is 185 Å². The topological polar surface area (TPSA) is 238 Å². The third kappa shape index (κ3) is 10.0. The largest absolute Gasteiger partial charge is 1.00 e. The molecule has 1 aromatic heterocycles. The number of carboxylic acid groups (broad SMARTS) is 1. The van der Waals surface area contributed by atoms with Crippen LogP contribution in [-0.4, -0.2) is 58.4 Å². The number of aliphatic carboxylic acids is 1. The molecule has 0 aromatic carbocycles. The van der Waals surface area contributed by atoms with Gasteiger partial charge in [0.2, 0.25) is 0 Å². The predicted molar refractivity (Wildman–Crippen MR) is 96.6 cm³/mol. The van der Waals surface area contributed by atoms with Crippen molar-refractivity contribution < 1.29 is 74.7 Å². The molecule has 0 saturated carbocycles. The van der Waals surface area contributed by atoms with Crippen molar-refractivity contribution in [1.82, 2.24) is 4.98 Å². The molecule has 158 valence electrons. The molecule has 0 aliphatic heterocycles. The number of rotatable bonds is 9. The summed E-state index contributed by atoms with van der Waals surface area (Å²) < 4.78 is 22.1. The van der Waals surface area contributed by atoms with Gasteiger partial charge in [0.15, 0.2) is 0 Å². The van der Waals surface area contributed by atoms with Gasteiger partial charge >= 0.3 is 50.7 Å². The minimum absolute atomic E-state index is 0. The summed E-state index contributed by atoms with van der Waals surface area (Å²) in [4.78, 5) is 49.3. The van der Waals surface area contributed by atoms with Crippen LogP contribution in [0.4, 0.5) is 0 Å². The molecule has 12 nitrogen and oxygen atoms in total. The van der Waals surface area contributed by atoms with E-state index in [1.165, 1.54) is 18.3 Å². The first kappa shape index (κ1) is 30.0. The van der Waals surface area contributed by atoms with E-state index in [1.54, 1.807) is 0 Å². The molecule has 1 heterocycles. The summed E-state index contributed by atoms with van der Waals surface area (Å²) in [5.74, 6) is -0.933. The Morgan fingerprint density at radius 3 is 2.11 bits per heavy atom. The van der Waals surface area contributed by atoms with Gasteiger partial charge < -0.3 is 42.7 Å². The Morgan fingerprint density at radius 2 is 1.75 bits per heavy atom. The van der Waals surface area contributed by atoms with E-state index in [-0.39, 0.29) is 36.5 Å². The molecular weight excluding hydrogens is 427 g/mol. The Balaban J connectivity index is -0.000000491. The van der Waals surface area contributed by atoms with Crippen LogP contribution in [-0.2, 0) is 20.3 Å². The molecular formula is C13H26N3NaO9P2. The number of carboxylic acids is 1. The summed E-state index contributed by atoms with van der Waals surface area (Å²) in [5, 5.41) is 14.5. The SMILES string of the molecule is NCCCCC(N)C(=O)O.O=P(O)(O)C(O)(Cc1cccnc1)P(=O)(O)O.[H-].[Na+]. The van der Waals surface area contributed by atoms with Crippen LogP contribution >= 0.6 is 15.2 Å². The quantitative estimate of drug-likeness (QED) is 0.102. The molecule has 0 bridgehead atoms. The van der Waals surface area contributed by atoms with Crippen molar-refractivity contribution in [3.63, 3.8) is 0 Å². The maximum Gasteiger partial charge on any atom is 1.00 e. The van der Waals surface area contributed by atoms with Gasteiger partial charge in [-0.3, -0.25) is 18.9 Å². The first-order chi connectivity index (χ1) is 12.3. The van der Waals surface area contributed by atoms with Gasteiger partial charge in [-0.05, 0) is 31.0 Å². The van der Waals surface area contributed by atoms with Crippen LogP contribution in [0.5, 0.6) is 0 Å². The zero-order valence-corrected chi connectivity index (χ0v) is 19.1. The molecule has 0 fully saturated rings. The van der Waals surface area contributed by atoms with Crippen LogP contribution in [0.1, 0.15) is 26.3 Å². The summed E-state index contributed by atoms with van der Waals surface area (Å²) in [7, 11) is -10.8. The molecule has 1 rings (SSSR count). The van der Waals surface area contributed by atoms with Crippen molar-refractivity contribution in [2.24, 2.45) is 11.5 Å². The average molecular weight is 453 g/mol. The molecule has 10 N–H and O–H groups in total. The molecule has 15 heteroatoms. The number of unbranched alkanes of at least 4 members (excludes halogenated alkanes) is 1. The number of aliphatic hydroxyl groups is 1. The van der Waals surface area contributed by atoms with E-state index in [0.717, 1.165) is 19.0 Å². The van der Waals surface area contributed by atoms with E-state index in [4.69, 9.17) is 36.1 Å². The van der Waals surface area contributed by atoms with Crippen molar-refractivity contribution in [3.05, 3.63) is 30.1 Å². The molecule has 0 radical (unpaired) electrons. The van der Waals surface area contributed by atoms with Crippen LogP contribution in [0.15, 0.2) is 24.5 Å². The van der Waals surface area contributed by atoms with Gasteiger partial charge in [-0.1, -0.05) is 12.5 Å². The summed E-state index contributed by atoms with van der Waals surface area (Å²) in [5.41, 5.74) is 10.5. The molecule has 0 spiro atoms. The van der Waals surface area contributed by atoms with Crippen molar-refractivity contribution in [1.29, 1.82) is 0 Å². The first-order valence-corrected chi connectivity index (χ1v) is 10.9. The minimum atomic E-state index is -5.41. The maximum atomic E-state index is 11.0. The van der Waals surface area contributed by atoms with Gasteiger partial charge in [0.25, 0.3) is 5.08 Å². The number of nitrogens with two attached hydrogens (primary N) is 2. The summed E-state index contributed by atoms with van der Waals surface area (Å²) in [6.07, 6.45) is 3.79. The normalized spacial score (nSPS) is 13.0. The summed E-state index contributed by atoms with van der Waals surface area (Å²) in [6, 6.07) is 2.03. The van der Waals surface area contributed by atoms with E-state index in [9.17, 15) is 19.0 Å². The molecule has 28 heavy (non-hydrogen) atoms. The number of hydrogen-bond donors (Lipinski definition) is 8. The number of carbonyl (C=O) groups is 1. The van der Waals surface area contributed by atoms with Crippen LogP contribution in [0.3, 0.4) is 0 Å². The fourth-order valence-corrected chi connectivity index (χ4v) is 3.92. The molecule has 0 amide bonds. The van der Waals surface area contributed by atoms with Crippen LogP contribution in [0.2, 0.25) is 0 Å². The second-order valence-corrected chi connectivity index (χ2v) is 9.64. The fraction of sp³-hybridized carbons (Fsp3) is 0.538. The third-order valence-electron chi connectivity index (χ3n) is 3.38. The Morgan fingerprint density at radius 1 is 1.21 bits per heavy atom. The average Bonchev–Trinajstić information content (AvgIpc) is 2.54. The van der Waals surface area contributed by atoms with Gasteiger partial charge in [0, 0.05) is 18.8 Å². The summed E-state index contributed by atoms with van der Waals surface area (Å²) in [6.45, 7) is 0.604. The van der Waals surface area contributed by atoms with E-state index in [2.05, 4.69) is 4.98 Å². The van der Waals surface area contributed by atoms with E-state index in [1.807, 2.05) is 0 Å². The monoisotopic (exact) mass is 453 g/mol. The van der Waals surface area contributed by atoms with Crippen molar-refractivity contribution in [2.75, 3.05) is 6.54 Å². The molecule has 0 saturated heterocycles. The Bertz CT molecular complexity index is 667. The smallest absolute Gasteiger partial charge is 1.00 e. The van der Waals surface area contributed by atoms with Gasteiger partial charge in [-0.2, -0.15) is 0 Å². The van der Waals surface area contributed by atoms with E-state index in [0.29, 0.717) is 13.0 Å². The van der Waals surface area contributed by atoms with Gasteiger partial charge in [-0.25, -0.2) is 0 Å². The van der Waals surface area contributed by atoms with Crippen LogP contribution in [0.25, 0.3) is 0 Å². The molecule has 0 aliphatic rings. The standard InChI is InChI=1S/C7H11NO7P2.C6H14N2O2.Na.H/c9-7(16(10,11)12,17(13,14)15)4-6-2-1-3-8-5-6;7-4-2-1-3-5(8)6(9)10;;/h1-3,5,9H,4H2,(H2,10,11,12)(H2,13,14,15);5H,1-4,7-8H2,(H,9,10);;/q;;+1;-1. The third-order valence-corrected chi connectivity index (χ3v) is 7.13. The molecule has 0 aliphatic carbocycles. The van der Waals surface area contributed by atoms with Gasteiger partial charge in [-0.15, -0.1) is 0 Å². The zero-order chi connectivity index (χ0) is 21.3. The van der Waals surface area contributed by atoms with Crippen LogP contribution < -0.4 is 41.0 Å². The number of nitrogens with zero attached hydrogens (tertiary/aromatic N) is 1. The van der Waals surface area contributed by atoms with Gasteiger partial charge in [0.1, 0.15) is 6.04 Å². The fourth-order valence-electron chi connectivity index (χ4n) is 1.78. The predicted octanol–water partition coefficient (Wildman–Crippen LogP) is -3.73. The molecule has 1 atom stereocenters. The molecule has 1 aromatic rings. The maximum absolute atomic E-state index is 11.0. The van der Waals surface area contributed by atoms with Gasteiger partial charge in [0.05, 0.1) is 0 Å². The van der Waals surface area contributed by atoms with Crippen molar-refractivity contribution >= 4 is 21.2 Å². The number of pyridine rings is 1. The Hall–Kier alpha value is -0.200. The Kier molecular flexibility index (Phi) is 14.1. The molecule has 1 unspecified atom stereocenters. The van der Waals surface area contributed by atoms with Crippen molar-refractivity contribution in [3.8, 4) is 0 Å². The number of aromatic nitrogens is 1. The summed E-state index contributed by atoms with van der Waals surface area (Å²) >= 11 is 0. The zero-order valence-electron chi connectivity index (χ0n) is 16.3. The first-order valence-electron chi connectivity index (χ1n) is 7.67.